The van der Waals surface area contributed by atoms with E-state index in [9.17, 15) is 9.90 Å². The summed E-state index contributed by atoms with van der Waals surface area (Å²) in [7, 11) is 0. The van der Waals surface area contributed by atoms with Crippen LogP contribution in [0.1, 0.15) is 26.2 Å². The van der Waals surface area contributed by atoms with Crippen LogP contribution in [0.5, 0.6) is 5.75 Å². The van der Waals surface area contributed by atoms with Crippen molar-refractivity contribution in [2.24, 2.45) is 0 Å². The summed E-state index contributed by atoms with van der Waals surface area (Å²) in [6, 6.07) is 7.21. The molecule has 1 heterocycles. The molecule has 1 N–H and O–H groups in total. The van der Waals surface area contributed by atoms with Crippen LogP contribution < -0.4 is 4.74 Å². The molecule has 0 aliphatic carbocycles. The van der Waals surface area contributed by atoms with E-state index in [0.717, 1.165) is 0 Å². The van der Waals surface area contributed by atoms with Gasteiger partial charge in [-0.15, -0.1) is 0 Å². The number of carbonyl (C=O) groups is 1. The van der Waals surface area contributed by atoms with Gasteiger partial charge in [0, 0.05) is 13.1 Å². The van der Waals surface area contributed by atoms with Gasteiger partial charge in [-0.25, -0.2) is 0 Å². The van der Waals surface area contributed by atoms with Gasteiger partial charge in [-0.05, 0) is 31.9 Å². The van der Waals surface area contributed by atoms with Crippen molar-refractivity contribution in [1.29, 1.82) is 0 Å². The average molecular weight is 298 g/mol. The normalized spacial score (nSPS) is 17.9. The van der Waals surface area contributed by atoms with Gasteiger partial charge in [-0.3, -0.25) is 4.79 Å². The molecule has 1 amide bonds. The van der Waals surface area contributed by atoms with Gasteiger partial charge >= 0.3 is 0 Å². The molecule has 2 rings (SSSR count). The largest absolute Gasteiger partial charge is 0.491 e. The Balaban J connectivity index is 1.75. The van der Waals surface area contributed by atoms with E-state index in [0.29, 0.717) is 49.7 Å². The second-order valence-electron chi connectivity index (χ2n) is 5.41. The van der Waals surface area contributed by atoms with Crippen molar-refractivity contribution in [3.05, 3.63) is 29.3 Å². The number of nitrogens with zero attached hydrogens (tertiary/aromatic N) is 1. The highest BCUT2D eigenvalue weighted by atomic mass is 35.5. The van der Waals surface area contributed by atoms with Crippen LogP contribution in [0.2, 0.25) is 5.02 Å². The number of hydrogen-bond donors (Lipinski definition) is 1. The number of piperidine rings is 1. The molecule has 0 unspecified atom stereocenters. The molecule has 1 fully saturated rings. The van der Waals surface area contributed by atoms with Crippen molar-refractivity contribution in [3.8, 4) is 5.75 Å². The molecule has 5 heteroatoms. The number of halogens is 1. The summed E-state index contributed by atoms with van der Waals surface area (Å²) in [6.45, 7) is 3.35. The number of carbonyl (C=O) groups excluding carboxylic acids is 1. The van der Waals surface area contributed by atoms with Gasteiger partial charge in [0.15, 0.2) is 0 Å². The van der Waals surface area contributed by atoms with Crippen LogP contribution in [-0.4, -0.2) is 41.2 Å². The topological polar surface area (TPSA) is 49.8 Å². The zero-order chi connectivity index (χ0) is 14.6. The third kappa shape index (κ3) is 4.12. The average Bonchev–Trinajstić information content (AvgIpc) is 2.40. The SMILES string of the molecule is CC1(O)CCN(C(=O)CCOc2ccccc2Cl)CC1. The van der Waals surface area contributed by atoms with E-state index in [1.165, 1.54) is 0 Å². The summed E-state index contributed by atoms with van der Waals surface area (Å²) in [5.74, 6) is 0.663. The Kier molecular flexibility index (Phi) is 4.89. The maximum atomic E-state index is 12.0. The van der Waals surface area contributed by atoms with E-state index in [-0.39, 0.29) is 5.91 Å². The highest BCUT2D eigenvalue weighted by Crippen LogP contribution is 2.24. The fourth-order valence-electron chi connectivity index (χ4n) is 2.21. The number of ether oxygens (including phenoxy) is 1. The Bertz CT molecular complexity index is 466. The summed E-state index contributed by atoms with van der Waals surface area (Å²) < 4.78 is 5.51. The number of hydrogen-bond acceptors (Lipinski definition) is 3. The Hall–Kier alpha value is -1.26. The van der Waals surface area contributed by atoms with E-state index in [2.05, 4.69) is 0 Å². The van der Waals surface area contributed by atoms with Gasteiger partial charge in [0.25, 0.3) is 0 Å². The van der Waals surface area contributed by atoms with Gasteiger partial charge in [0.05, 0.1) is 23.7 Å². The monoisotopic (exact) mass is 297 g/mol. The molecule has 1 aromatic rings. The maximum Gasteiger partial charge on any atom is 0.226 e. The van der Waals surface area contributed by atoms with E-state index in [4.69, 9.17) is 16.3 Å². The molecule has 0 atom stereocenters. The zero-order valence-corrected chi connectivity index (χ0v) is 12.4. The minimum atomic E-state index is -0.634. The second kappa shape index (κ2) is 6.46. The molecular formula is C15H20ClNO3. The maximum absolute atomic E-state index is 12.0. The first-order valence-corrected chi connectivity index (χ1v) is 7.23. The molecule has 4 nitrogen and oxygen atoms in total. The number of likely N-dealkylation sites (tertiary alicyclic amines) is 1. The molecule has 1 aliphatic rings. The van der Waals surface area contributed by atoms with Crippen LogP contribution in [0.3, 0.4) is 0 Å². The number of benzene rings is 1. The van der Waals surface area contributed by atoms with Crippen molar-refractivity contribution in [2.45, 2.75) is 31.8 Å². The lowest BCUT2D eigenvalue weighted by Crippen LogP contribution is -2.45. The molecule has 0 spiro atoms. The highest BCUT2D eigenvalue weighted by Gasteiger charge is 2.29. The molecule has 1 aromatic carbocycles. The van der Waals surface area contributed by atoms with E-state index >= 15 is 0 Å². The zero-order valence-electron chi connectivity index (χ0n) is 11.6. The standard InChI is InChI=1S/C15H20ClNO3/c1-15(19)7-9-17(10-8-15)14(18)6-11-20-13-5-3-2-4-12(13)16/h2-5,19H,6-11H2,1H3. The summed E-state index contributed by atoms with van der Waals surface area (Å²) in [5.41, 5.74) is -0.634. The molecule has 0 bridgehead atoms. The predicted molar refractivity (Wildman–Crippen MR) is 78.0 cm³/mol. The molecule has 0 radical (unpaired) electrons. The molecule has 110 valence electrons. The third-order valence-corrected chi connectivity index (χ3v) is 3.92. The summed E-state index contributed by atoms with van der Waals surface area (Å²) in [5, 5.41) is 10.4. The van der Waals surface area contributed by atoms with Crippen molar-refractivity contribution >= 4 is 17.5 Å². The van der Waals surface area contributed by atoms with Gasteiger partial charge in [0.2, 0.25) is 5.91 Å². The lowest BCUT2D eigenvalue weighted by Gasteiger charge is -2.35. The number of amides is 1. The van der Waals surface area contributed by atoms with Crippen LogP contribution in [0.4, 0.5) is 0 Å². The lowest BCUT2D eigenvalue weighted by atomic mass is 9.94. The van der Waals surface area contributed by atoms with Gasteiger partial charge < -0.3 is 14.7 Å². The Morgan fingerprint density at radius 2 is 2.05 bits per heavy atom. The predicted octanol–water partition coefficient (Wildman–Crippen LogP) is 2.48. The molecule has 0 saturated carbocycles. The van der Waals surface area contributed by atoms with Crippen molar-refractivity contribution in [2.75, 3.05) is 19.7 Å². The summed E-state index contributed by atoms with van der Waals surface area (Å²) in [4.78, 5) is 13.8. The molecule has 20 heavy (non-hydrogen) atoms. The number of aliphatic hydroxyl groups is 1. The Morgan fingerprint density at radius 1 is 1.40 bits per heavy atom. The van der Waals surface area contributed by atoms with Crippen LogP contribution in [0.15, 0.2) is 24.3 Å². The van der Waals surface area contributed by atoms with Gasteiger partial charge in [-0.2, -0.15) is 0 Å². The van der Waals surface area contributed by atoms with Crippen molar-refractivity contribution in [3.63, 3.8) is 0 Å². The first-order chi connectivity index (χ1) is 9.48. The first-order valence-electron chi connectivity index (χ1n) is 6.85. The van der Waals surface area contributed by atoms with Crippen LogP contribution in [0.25, 0.3) is 0 Å². The smallest absolute Gasteiger partial charge is 0.226 e. The molecule has 1 aliphatic heterocycles. The third-order valence-electron chi connectivity index (χ3n) is 3.60. The minimum absolute atomic E-state index is 0.0625. The fraction of sp³-hybridized carbons (Fsp3) is 0.533. The Morgan fingerprint density at radius 3 is 2.70 bits per heavy atom. The van der Waals surface area contributed by atoms with Crippen molar-refractivity contribution < 1.29 is 14.6 Å². The molecular weight excluding hydrogens is 278 g/mol. The summed E-state index contributed by atoms with van der Waals surface area (Å²) >= 11 is 5.97. The van der Waals surface area contributed by atoms with Crippen LogP contribution in [0, 0.1) is 0 Å². The lowest BCUT2D eigenvalue weighted by molar-refractivity contribution is -0.135. The van der Waals surface area contributed by atoms with E-state index < -0.39 is 5.60 Å². The molecule has 1 saturated heterocycles. The number of para-hydroxylation sites is 1. The first kappa shape index (κ1) is 15.1. The quantitative estimate of drug-likeness (QED) is 0.929. The van der Waals surface area contributed by atoms with Gasteiger partial charge in [0.1, 0.15) is 5.75 Å². The highest BCUT2D eigenvalue weighted by molar-refractivity contribution is 6.32. The Labute approximate surface area is 124 Å². The van der Waals surface area contributed by atoms with Gasteiger partial charge in [-0.1, -0.05) is 23.7 Å². The molecule has 0 aromatic heterocycles. The van der Waals surface area contributed by atoms with E-state index in [1.54, 1.807) is 17.0 Å². The van der Waals surface area contributed by atoms with Crippen LogP contribution >= 0.6 is 11.6 Å². The number of rotatable bonds is 4. The summed E-state index contributed by atoms with van der Waals surface area (Å²) in [6.07, 6.45) is 1.58. The van der Waals surface area contributed by atoms with E-state index in [1.807, 2.05) is 19.1 Å². The van der Waals surface area contributed by atoms with Crippen molar-refractivity contribution in [1.82, 2.24) is 4.90 Å². The minimum Gasteiger partial charge on any atom is -0.491 e. The van der Waals surface area contributed by atoms with Crippen LogP contribution in [-0.2, 0) is 4.79 Å². The second-order valence-corrected chi connectivity index (χ2v) is 5.81. The fourth-order valence-corrected chi connectivity index (χ4v) is 2.40.